The second kappa shape index (κ2) is 3.82. The van der Waals surface area contributed by atoms with Crippen LogP contribution < -0.4 is 0 Å². The third-order valence-electron chi connectivity index (χ3n) is 2.06. The molecule has 6 heteroatoms. The van der Waals surface area contributed by atoms with Crippen molar-refractivity contribution in [2.24, 2.45) is 0 Å². The van der Waals surface area contributed by atoms with Crippen LogP contribution in [0.15, 0.2) is 29.6 Å². The second-order valence-corrected chi connectivity index (χ2v) is 4.01. The van der Waals surface area contributed by atoms with Crippen molar-refractivity contribution < 1.29 is 15.1 Å². The zero-order valence-electron chi connectivity index (χ0n) is 7.95. The molecule has 82 valence electrons. The number of phenols is 2. The highest BCUT2D eigenvalue weighted by molar-refractivity contribution is 7.14. The Morgan fingerprint density at radius 3 is 2.38 bits per heavy atom. The van der Waals surface area contributed by atoms with Crippen molar-refractivity contribution in [1.29, 1.82) is 0 Å². The Morgan fingerprint density at radius 2 is 1.88 bits per heavy atom. The van der Waals surface area contributed by atoms with Crippen molar-refractivity contribution >= 4 is 17.0 Å². The number of hydrogen-bond donors (Lipinski definition) is 2. The Bertz CT molecular complexity index is 529. The van der Waals surface area contributed by atoms with Gasteiger partial charge in [-0.05, 0) is 12.1 Å². The summed E-state index contributed by atoms with van der Waals surface area (Å²) in [5, 5.41) is 31.0. The van der Waals surface area contributed by atoms with E-state index >= 15 is 0 Å². The molecule has 0 saturated carbocycles. The van der Waals surface area contributed by atoms with Crippen molar-refractivity contribution in [1.82, 2.24) is 0 Å². The number of rotatable bonds is 2. The summed E-state index contributed by atoms with van der Waals surface area (Å²) in [7, 11) is 0. The van der Waals surface area contributed by atoms with E-state index in [0.29, 0.717) is 4.88 Å². The molecule has 0 fully saturated rings. The molecule has 0 bridgehead atoms. The van der Waals surface area contributed by atoms with Crippen LogP contribution in [-0.2, 0) is 0 Å². The highest BCUT2D eigenvalue weighted by Gasteiger charge is 2.16. The van der Waals surface area contributed by atoms with Gasteiger partial charge < -0.3 is 10.2 Å². The van der Waals surface area contributed by atoms with Gasteiger partial charge in [0.05, 0.1) is 15.9 Å². The smallest absolute Gasteiger partial charge is 0.280 e. The Morgan fingerprint density at radius 1 is 1.25 bits per heavy atom. The summed E-state index contributed by atoms with van der Waals surface area (Å²) >= 11 is 1.10. The van der Waals surface area contributed by atoms with Crippen LogP contribution in [0.3, 0.4) is 0 Å². The molecule has 0 unspecified atom stereocenters. The zero-order valence-corrected chi connectivity index (χ0v) is 8.77. The molecule has 0 aliphatic rings. The summed E-state index contributed by atoms with van der Waals surface area (Å²) in [6.07, 6.45) is 0. The Hall–Kier alpha value is -2.08. The van der Waals surface area contributed by atoms with E-state index in [1.165, 1.54) is 29.6 Å². The number of benzene rings is 1. The minimum absolute atomic E-state index is 0.0531. The van der Waals surface area contributed by atoms with Gasteiger partial charge in [-0.1, -0.05) is 6.07 Å². The molecule has 0 aliphatic heterocycles. The van der Waals surface area contributed by atoms with Gasteiger partial charge >= 0.3 is 0 Å². The molecule has 0 radical (unpaired) electrons. The molecule has 2 N–H and O–H groups in total. The number of phenolic OH excluding ortho intramolecular Hbond substituents is 2. The molecule has 0 saturated heterocycles. The summed E-state index contributed by atoms with van der Waals surface area (Å²) in [5.74, 6) is -0.200. The van der Waals surface area contributed by atoms with E-state index in [0.717, 1.165) is 11.3 Å². The van der Waals surface area contributed by atoms with Crippen LogP contribution in [0, 0.1) is 10.1 Å². The van der Waals surface area contributed by atoms with Crippen LogP contribution in [0.4, 0.5) is 5.69 Å². The van der Waals surface area contributed by atoms with Crippen LogP contribution in [0.25, 0.3) is 10.4 Å². The maximum absolute atomic E-state index is 10.5. The first kappa shape index (κ1) is 10.4. The first-order chi connectivity index (χ1) is 7.59. The van der Waals surface area contributed by atoms with E-state index in [9.17, 15) is 20.3 Å². The molecular formula is C10H7NO4S. The Kier molecular flexibility index (Phi) is 2.49. The van der Waals surface area contributed by atoms with E-state index in [1.54, 1.807) is 0 Å². The van der Waals surface area contributed by atoms with Crippen LogP contribution in [0.1, 0.15) is 0 Å². The van der Waals surface area contributed by atoms with Gasteiger partial charge in [0.25, 0.3) is 5.69 Å². The first-order valence-corrected chi connectivity index (χ1v) is 5.22. The topological polar surface area (TPSA) is 83.6 Å². The van der Waals surface area contributed by atoms with Crippen LogP contribution in [0.2, 0.25) is 0 Å². The lowest BCUT2D eigenvalue weighted by Crippen LogP contribution is -1.83. The van der Waals surface area contributed by atoms with Gasteiger partial charge in [-0.25, -0.2) is 0 Å². The van der Waals surface area contributed by atoms with Gasteiger partial charge in [0.1, 0.15) is 11.5 Å². The number of aromatic hydroxyl groups is 2. The molecule has 16 heavy (non-hydrogen) atoms. The lowest BCUT2D eigenvalue weighted by molar-refractivity contribution is -0.384. The lowest BCUT2D eigenvalue weighted by Gasteiger charge is -2.03. The predicted octanol–water partition coefficient (Wildman–Crippen LogP) is 2.73. The van der Waals surface area contributed by atoms with Crippen LogP contribution >= 0.6 is 11.3 Å². The molecule has 1 aromatic carbocycles. The molecule has 0 amide bonds. The minimum atomic E-state index is -0.517. The summed E-state index contributed by atoms with van der Waals surface area (Å²) in [6, 6.07) is 5.65. The van der Waals surface area contributed by atoms with Crippen molar-refractivity contribution in [2.75, 3.05) is 0 Å². The van der Waals surface area contributed by atoms with E-state index in [1.807, 2.05) is 0 Å². The Labute approximate surface area is 94.4 Å². The fourth-order valence-electron chi connectivity index (χ4n) is 1.33. The monoisotopic (exact) mass is 237 g/mol. The first-order valence-electron chi connectivity index (χ1n) is 4.34. The molecule has 5 nitrogen and oxygen atoms in total. The van der Waals surface area contributed by atoms with Gasteiger partial charge in [-0.3, -0.25) is 10.1 Å². The fraction of sp³-hybridized carbons (Fsp3) is 0. The summed E-state index contributed by atoms with van der Waals surface area (Å²) in [6.45, 7) is 0. The maximum atomic E-state index is 10.5. The van der Waals surface area contributed by atoms with Gasteiger partial charge in [-0.2, -0.15) is 0 Å². The van der Waals surface area contributed by atoms with E-state index in [-0.39, 0.29) is 22.7 Å². The molecule has 0 spiro atoms. The molecule has 0 aliphatic carbocycles. The van der Waals surface area contributed by atoms with E-state index in [4.69, 9.17) is 0 Å². The Balaban J connectivity index is 2.54. The minimum Gasteiger partial charge on any atom is -0.507 e. The van der Waals surface area contributed by atoms with Crippen molar-refractivity contribution in [2.45, 2.75) is 0 Å². The molecule has 0 atom stereocenters. The van der Waals surface area contributed by atoms with Crippen LogP contribution in [-0.4, -0.2) is 15.1 Å². The summed E-state index contributed by atoms with van der Waals surface area (Å²) < 4.78 is 0. The third kappa shape index (κ3) is 1.70. The van der Waals surface area contributed by atoms with E-state index < -0.39 is 4.92 Å². The SMILES string of the molecule is O=[N+]([O-])c1csc(-c2c(O)cccc2O)c1. The average Bonchev–Trinajstić information content (AvgIpc) is 2.66. The largest absolute Gasteiger partial charge is 0.507 e. The van der Waals surface area contributed by atoms with E-state index in [2.05, 4.69) is 0 Å². The molecule has 2 aromatic rings. The standard InChI is InChI=1S/C10H7NO4S/c12-7-2-1-3-8(13)10(7)9-4-6(5-16-9)11(14)15/h1-5,12-13H. The molecule has 1 heterocycles. The summed E-state index contributed by atoms with van der Waals surface area (Å²) in [4.78, 5) is 10.4. The number of nitro groups is 1. The van der Waals surface area contributed by atoms with Crippen LogP contribution in [0.5, 0.6) is 11.5 Å². The van der Waals surface area contributed by atoms with Gasteiger partial charge in [0.2, 0.25) is 0 Å². The number of thiophene rings is 1. The molecule has 1 aromatic heterocycles. The highest BCUT2D eigenvalue weighted by atomic mass is 32.1. The molecular weight excluding hydrogens is 230 g/mol. The van der Waals surface area contributed by atoms with Crippen molar-refractivity contribution in [3.63, 3.8) is 0 Å². The highest BCUT2D eigenvalue weighted by Crippen LogP contribution is 2.41. The van der Waals surface area contributed by atoms with Gasteiger partial charge in [0, 0.05) is 10.9 Å². The maximum Gasteiger partial charge on any atom is 0.280 e. The summed E-state index contributed by atoms with van der Waals surface area (Å²) in [5.41, 5.74) is 0.170. The average molecular weight is 237 g/mol. The van der Waals surface area contributed by atoms with Crippen molar-refractivity contribution in [3.8, 4) is 21.9 Å². The van der Waals surface area contributed by atoms with Crippen molar-refractivity contribution in [3.05, 3.63) is 39.8 Å². The lowest BCUT2D eigenvalue weighted by atomic mass is 10.1. The molecule has 2 rings (SSSR count). The number of nitrogens with zero attached hydrogens (tertiary/aromatic N) is 1. The predicted molar refractivity (Wildman–Crippen MR) is 59.7 cm³/mol. The van der Waals surface area contributed by atoms with Gasteiger partial charge in [-0.15, -0.1) is 11.3 Å². The number of hydrogen-bond acceptors (Lipinski definition) is 5. The van der Waals surface area contributed by atoms with Gasteiger partial charge in [0.15, 0.2) is 0 Å². The second-order valence-electron chi connectivity index (χ2n) is 3.10. The third-order valence-corrected chi connectivity index (χ3v) is 3.00. The zero-order chi connectivity index (χ0) is 11.7. The fourth-order valence-corrected chi connectivity index (χ4v) is 2.25. The normalized spacial score (nSPS) is 10.2. The quantitative estimate of drug-likeness (QED) is 0.621.